The molecule has 5 aromatic rings. The number of amides is 1. The molecule has 0 fully saturated rings. The summed E-state index contributed by atoms with van der Waals surface area (Å²) in [6, 6.07) is 21.8. The molecule has 0 spiro atoms. The summed E-state index contributed by atoms with van der Waals surface area (Å²) in [7, 11) is 1.59. The minimum atomic E-state index is -0.326. The zero-order valence-corrected chi connectivity index (χ0v) is 23.7. The van der Waals surface area contributed by atoms with Crippen molar-refractivity contribution < 1.29 is 13.9 Å². The predicted molar refractivity (Wildman–Crippen MR) is 161 cm³/mol. The second kappa shape index (κ2) is 11.1. The molecule has 1 N–H and O–H groups in total. The van der Waals surface area contributed by atoms with Crippen molar-refractivity contribution in [2.75, 3.05) is 12.4 Å². The summed E-state index contributed by atoms with van der Waals surface area (Å²) in [5, 5.41) is 4.34. The van der Waals surface area contributed by atoms with Gasteiger partial charge in [0.15, 0.2) is 16.5 Å². The zero-order valence-electron chi connectivity index (χ0n) is 22.9. The number of nitrogens with zero attached hydrogens (tertiary/aromatic N) is 2. The quantitative estimate of drug-likeness (QED) is 0.234. The van der Waals surface area contributed by atoms with Gasteiger partial charge in [-0.25, -0.2) is 9.98 Å². The zero-order chi connectivity index (χ0) is 27.6. The third kappa shape index (κ3) is 5.17. The second-order valence-electron chi connectivity index (χ2n) is 10.1. The number of anilines is 1. The first-order valence-corrected chi connectivity index (χ1v) is 14.5. The fourth-order valence-corrected chi connectivity index (χ4v) is 6.18. The summed E-state index contributed by atoms with van der Waals surface area (Å²) < 4.78 is 11.7. The van der Waals surface area contributed by atoms with Crippen LogP contribution in [0.1, 0.15) is 51.7 Å². The number of fused-ring (bicyclic) bond motifs is 2. The number of benzene rings is 3. The van der Waals surface area contributed by atoms with E-state index in [1.165, 1.54) is 35.3 Å². The maximum atomic E-state index is 13.7. The molecule has 1 aliphatic rings. The van der Waals surface area contributed by atoms with Crippen molar-refractivity contribution in [3.8, 4) is 17.0 Å². The number of aryl methyl sites for hydroxylation is 4. The van der Waals surface area contributed by atoms with Crippen molar-refractivity contribution in [3.63, 3.8) is 0 Å². The number of carbonyl (C=O) groups excluding carboxylic acids is 1. The molecule has 202 valence electrons. The van der Waals surface area contributed by atoms with Crippen molar-refractivity contribution >= 4 is 39.0 Å². The maximum Gasteiger partial charge on any atom is 0.262 e. The summed E-state index contributed by atoms with van der Waals surface area (Å²) in [4.78, 5) is 24.5. The monoisotopic (exact) mass is 549 g/mol. The van der Waals surface area contributed by atoms with Crippen LogP contribution in [0.25, 0.3) is 22.2 Å². The fourth-order valence-electron chi connectivity index (χ4n) is 5.26. The first-order chi connectivity index (χ1) is 19.5. The molecule has 1 amide bonds. The number of thiazole rings is 1. The van der Waals surface area contributed by atoms with Crippen molar-refractivity contribution in [1.29, 1.82) is 0 Å². The molecule has 0 saturated heterocycles. The van der Waals surface area contributed by atoms with Crippen LogP contribution in [-0.4, -0.2) is 18.0 Å². The molecule has 0 saturated carbocycles. The second-order valence-corrected chi connectivity index (χ2v) is 11.2. The molecular weight excluding hydrogens is 518 g/mol. The van der Waals surface area contributed by atoms with E-state index in [2.05, 4.69) is 30.4 Å². The van der Waals surface area contributed by atoms with Gasteiger partial charge in [0.1, 0.15) is 5.56 Å². The predicted octanol–water partition coefficient (Wildman–Crippen LogP) is 7.80. The molecule has 2 heterocycles. The first kappa shape index (κ1) is 26.0. The van der Waals surface area contributed by atoms with Gasteiger partial charge < -0.3 is 9.15 Å². The summed E-state index contributed by atoms with van der Waals surface area (Å²) >= 11 is 1.51. The highest BCUT2D eigenvalue weighted by atomic mass is 32.1. The maximum absolute atomic E-state index is 13.7. The Morgan fingerprint density at radius 3 is 2.67 bits per heavy atom. The Labute approximate surface area is 237 Å². The minimum absolute atomic E-state index is 0.210. The highest BCUT2D eigenvalue weighted by Crippen LogP contribution is 2.34. The van der Waals surface area contributed by atoms with Crippen LogP contribution in [0.2, 0.25) is 0 Å². The van der Waals surface area contributed by atoms with Gasteiger partial charge in [0, 0.05) is 15.8 Å². The molecule has 40 heavy (non-hydrogen) atoms. The van der Waals surface area contributed by atoms with Gasteiger partial charge in [-0.2, -0.15) is 0 Å². The number of para-hydroxylation sites is 1. The SMILES string of the molecule is CCc1sc(NC(=O)c2cc3cccc(OC)c3oc2=Nc2cccc(C)c2)nc1-c1ccc2c(c1)CCCC2. The number of aromatic nitrogens is 1. The van der Waals surface area contributed by atoms with E-state index >= 15 is 0 Å². The van der Waals surface area contributed by atoms with Gasteiger partial charge in [0.25, 0.3) is 5.91 Å². The lowest BCUT2D eigenvalue weighted by Gasteiger charge is -2.16. The molecule has 3 aromatic carbocycles. The Bertz CT molecular complexity index is 1800. The van der Waals surface area contributed by atoms with Gasteiger partial charge in [0.05, 0.1) is 18.5 Å². The lowest BCUT2D eigenvalue weighted by Crippen LogP contribution is -2.21. The van der Waals surface area contributed by atoms with E-state index < -0.39 is 0 Å². The van der Waals surface area contributed by atoms with Crippen LogP contribution in [0, 0.1) is 6.92 Å². The minimum Gasteiger partial charge on any atom is -0.493 e. The molecule has 0 bridgehead atoms. The normalized spacial score (nSPS) is 13.3. The van der Waals surface area contributed by atoms with Crippen LogP contribution in [0.15, 0.2) is 76.1 Å². The van der Waals surface area contributed by atoms with Crippen molar-refractivity contribution in [2.24, 2.45) is 4.99 Å². The van der Waals surface area contributed by atoms with Crippen LogP contribution in [0.5, 0.6) is 5.75 Å². The van der Waals surface area contributed by atoms with Gasteiger partial charge in [-0.05, 0) is 86.1 Å². The van der Waals surface area contributed by atoms with Gasteiger partial charge in [-0.1, -0.05) is 43.3 Å². The standard InChI is InChI=1S/C33H31N3O3S/c1-4-28-29(23-16-15-21-10-5-6-11-22(21)18-23)35-33(40-28)36-31(37)26-19-24-12-8-14-27(38-3)30(24)39-32(26)34-25-13-7-9-20(2)17-25/h7-9,12-19H,4-6,10-11H2,1-3H3,(H,35,36,37). The van der Waals surface area contributed by atoms with Gasteiger partial charge >= 0.3 is 0 Å². The molecular formula is C33H31N3O3S. The highest BCUT2D eigenvalue weighted by molar-refractivity contribution is 7.16. The van der Waals surface area contributed by atoms with Crippen LogP contribution < -0.4 is 15.6 Å². The smallest absolute Gasteiger partial charge is 0.262 e. The summed E-state index contributed by atoms with van der Waals surface area (Å²) in [6.07, 6.45) is 5.58. The molecule has 2 aromatic heterocycles. The number of methoxy groups -OCH3 is 1. The molecule has 0 unspecified atom stereocenters. The van der Waals surface area contributed by atoms with E-state index in [-0.39, 0.29) is 11.5 Å². The number of rotatable bonds is 6. The molecule has 0 atom stereocenters. The average molecular weight is 550 g/mol. The number of hydrogen-bond donors (Lipinski definition) is 1. The summed E-state index contributed by atoms with van der Waals surface area (Å²) in [6.45, 7) is 4.12. The number of hydrogen-bond acceptors (Lipinski definition) is 6. The van der Waals surface area contributed by atoms with Crippen LogP contribution in [-0.2, 0) is 19.3 Å². The highest BCUT2D eigenvalue weighted by Gasteiger charge is 2.19. The van der Waals surface area contributed by atoms with E-state index in [9.17, 15) is 4.79 Å². The molecule has 7 heteroatoms. The van der Waals surface area contributed by atoms with E-state index in [4.69, 9.17) is 19.1 Å². The Morgan fingerprint density at radius 2 is 1.88 bits per heavy atom. The van der Waals surface area contributed by atoms with Gasteiger partial charge in [0.2, 0.25) is 5.55 Å². The van der Waals surface area contributed by atoms with Gasteiger partial charge in [-0.3, -0.25) is 10.1 Å². The van der Waals surface area contributed by atoms with E-state index in [1.54, 1.807) is 13.2 Å². The Kier molecular flexibility index (Phi) is 7.22. The summed E-state index contributed by atoms with van der Waals surface area (Å²) in [5.41, 5.74) is 7.74. The molecule has 6 rings (SSSR count). The third-order valence-electron chi connectivity index (χ3n) is 7.30. The molecule has 6 nitrogen and oxygen atoms in total. The largest absolute Gasteiger partial charge is 0.493 e. The topological polar surface area (TPSA) is 76.7 Å². The number of nitrogens with one attached hydrogen (secondary N) is 1. The molecule has 1 aliphatic carbocycles. The van der Waals surface area contributed by atoms with Crippen molar-refractivity contribution in [2.45, 2.75) is 46.0 Å². The van der Waals surface area contributed by atoms with Crippen LogP contribution >= 0.6 is 11.3 Å². The Balaban J connectivity index is 1.40. The van der Waals surface area contributed by atoms with Gasteiger partial charge in [-0.15, -0.1) is 11.3 Å². The van der Waals surface area contributed by atoms with Crippen molar-refractivity contribution in [3.05, 3.63) is 99.4 Å². The number of carbonyl (C=O) groups is 1. The van der Waals surface area contributed by atoms with E-state index in [0.717, 1.165) is 46.3 Å². The number of ether oxygens (including phenoxy) is 1. The fraction of sp³-hybridized carbons (Fsp3) is 0.242. The first-order valence-electron chi connectivity index (χ1n) is 13.7. The van der Waals surface area contributed by atoms with Crippen molar-refractivity contribution in [1.82, 2.24) is 4.98 Å². The van der Waals surface area contributed by atoms with E-state index in [0.29, 0.717) is 27.7 Å². The lowest BCUT2D eigenvalue weighted by molar-refractivity contribution is 0.102. The third-order valence-corrected chi connectivity index (χ3v) is 8.41. The van der Waals surface area contributed by atoms with Crippen LogP contribution in [0.3, 0.4) is 0 Å². The lowest BCUT2D eigenvalue weighted by atomic mass is 9.90. The summed E-state index contributed by atoms with van der Waals surface area (Å²) in [5.74, 6) is 0.251. The molecule has 0 aliphatic heterocycles. The Hall–Kier alpha value is -4.23. The van der Waals surface area contributed by atoms with Crippen LogP contribution in [0.4, 0.5) is 10.8 Å². The van der Waals surface area contributed by atoms with E-state index in [1.807, 2.05) is 49.4 Å². The Morgan fingerprint density at radius 1 is 1.05 bits per heavy atom. The molecule has 0 radical (unpaired) electrons. The average Bonchev–Trinajstić information content (AvgIpc) is 3.39.